The fourth-order valence-electron chi connectivity index (χ4n) is 3.20. The number of nitrogens with zero attached hydrogens (tertiary/aromatic N) is 2. The van der Waals surface area contributed by atoms with Crippen LogP contribution in [0.1, 0.15) is 16.7 Å². The molecule has 0 saturated carbocycles. The van der Waals surface area contributed by atoms with Crippen LogP contribution >= 0.6 is 0 Å². The molecule has 0 spiro atoms. The summed E-state index contributed by atoms with van der Waals surface area (Å²) in [5, 5.41) is 0. The minimum Gasteiger partial charge on any atom is -0.272 e. The van der Waals surface area contributed by atoms with E-state index in [4.69, 9.17) is 0 Å². The van der Waals surface area contributed by atoms with Crippen molar-refractivity contribution >= 4 is 26.1 Å². The van der Waals surface area contributed by atoms with E-state index in [9.17, 15) is 16.8 Å². The third-order valence-corrected chi connectivity index (χ3v) is 8.97. The maximum atomic E-state index is 13.3. The highest BCUT2D eigenvalue weighted by Gasteiger charge is 2.27. The Balaban J connectivity index is 2.00. The molecule has 0 atom stereocenters. The van der Waals surface area contributed by atoms with Crippen molar-refractivity contribution in [1.29, 1.82) is 0 Å². The Labute approximate surface area is 196 Å². The standard InChI is InChI=1S/C25H28N2O4S2/c1-20-10-14-24(15-11-20)32(28,29)26(3)19-23(18-22-8-6-5-7-9-22)27(4)33(30,31)25-16-12-21(2)13-17-25/h5-18H,19H2,1-4H3/b23-18-. The summed E-state index contributed by atoms with van der Waals surface area (Å²) in [6.07, 6.45) is 1.69. The molecule has 0 amide bonds. The molecule has 0 heterocycles. The minimum atomic E-state index is -3.89. The van der Waals surface area contributed by atoms with Gasteiger partial charge in [0.1, 0.15) is 0 Å². The van der Waals surface area contributed by atoms with Gasteiger partial charge in [-0.25, -0.2) is 16.8 Å². The van der Waals surface area contributed by atoms with E-state index >= 15 is 0 Å². The first-order valence-corrected chi connectivity index (χ1v) is 13.2. The van der Waals surface area contributed by atoms with Crippen LogP contribution in [0.25, 0.3) is 6.08 Å². The van der Waals surface area contributed by atoms with E-state index in [1.807, 2.05) is 44.2 Å². The summed E-state index contributed by atoms with van der Waals surface area (Å²) in [6.45, 7) is 3.63. The van der Waals surface area contributed by atoms with Crippen molar-refractivity contribution in [2.24, 2.45) is 0 Å². The van der Waals surface area contributed by atoms with E-state index in [-0.39, 0.29) is 16.3 Å². The average molecular weight is 485 g/mol. The van der Waals surface area contributed by atoms with Gasteiger partial charge in [0, 0.05) is 19.8 Å². The molecule has 0 N–H and O–H groups in total. The van der Waals surface area contributed by atoms with Crippen molar-refractivity contribution < 1.29 is 16.8 Å². The number of aryl methyl sites for hydroxylation is 2. The van der Waals surface area contributed by atoms with Gasteiger partial charge in [0.05, 0.1) is 16.3 Å². The number of sulfonamides is 2. The average Bonchev–Trinajstić information content (AvgIpc) is 2.79. The molecule has 0 saturated heterocycles. The van der Waals surface area contributed by atoms with Crippen molar-refractivity contribution in [3.63, 3.8) is 0 Å². The van der Waals surface area contributed by atoms with E-state index in [2.05, 4.69) is 0 Å². The first-order valence-electron chi connectivity index (χ1n) is 10.4. The Morgan fingerprint density at radius 1 is 0.697 bits per heavy atom. The lowest BCUT2D eigenvalue weighted by molar-refractivity contribution is 0.455. The molecule has 33 heavy (non-hydrogen) atoms. The minimum absolute atomic E-state index is 0.132. The van der Waals surface area contributed by atoms with Gasteiger partial charge in [-0.15, -0.1) is 0 Å². The molecule has 6 nitrogen and oxygen atoms in total. The van der Waals surface area contributed by atoms with Crippen LogP contribution in [0, 0.1) is 13.8 Å². The molecule has 174 valence electrons. The zero-order valence-electron chi connectivity index (χ0n) is 19.1. The van der Waals surface area contributed by atoms with Gasteiger partial charge in [0.15, 0.2) is 0 Å². The van der Waals surface area contributed by atoms with E-state index in [1.165, 1.54) is 14.1 Å². The number of hydrogen-bond donors (Lipinski definition) is 0. The number of benzene rings is 3. The topological polar surface area (TPSA) is 74.8 Å². The van der Waals surface area contributed by atoms with Crippen LogP contribution in [0.2, 0.25) is 0 Å². The third-order valence-electron chi connectivity index (χ3n) is 5.33. The predicted molar refractivity (Wildman–Crippen MR) is 132 cm³/mol. The quantitative estimate of drug-likeness (QED) is 0.478. The first kappa shape index (κ1) is 24.7. The summed E-state index contributed by atoms with van der Waals surface area (Å²) >= 11 is 0. The Bertz CT molecular complexity index is 1330. The zero-order valence-corrected chi connectivity index (χ0v) is 20.8. The molecule has 3 aromatic carbocycles. The van der Waals surface area contributed by atoms with Gasteiger partial charge in [-0.2, -0.15) is 4.31 Å². The molecule has 0 bridgehead atoms. The number of hydrogen-bond acceptors (Lipinski definition) is 4. The molecule has 3 aromatic rings. The highest BCUT2D eigenvalue weighted by Crippen LogP contribution is 2.23. The number of rotatable bonds is 8. The Kier molecular flexibility index (Phi) is 7.41. The van der Waals surface area contributed by atoms with Crippen LogP contribution in [0.5, 0.6) is 0 Å². The molecular formula is C25H28N2O4S2. The molecule has 0 aliphatic rings. The predicted octanol–water partition coefficient (Wildman–Crippen LogP) is 4.29. The summed E-state index contributed by atoms with van der Waals surface area (Å²) in [4.78, 5) is 0.289. The van der Waals surface area contributed by atoms with Crippen LogP contribution < -0.4 is 0 Å². The second kappa shape index (κ2) is 9.91. The fraction of sp³-hybridized carbons (Fsp3) is 0.200. The van der Waals surface area contributed by atoms with E-state index < -0.39 is 20.0 Å². The van der Waals surface area contributed by atoms with Gasteiger partial charge in [0.25, 0.3) is 10.0 Å². The molecule has 0 radical (unpaired) electrons. The summed E-state index contributed by atoms with van der Waals surface area (Å²) in [5.74, 6) is 0. The molecule has 0 fully saturated rings. The second-order valence-corrected chi connectivity index (χ2v) is 11.9. The molecule has 0 aliphatic heterocycles. The summed E-state index contributed by atoms with van der Waals surface area (Å²) in [7, 11) is -4.83. The van der Waals surface area contributed by atoms with Crippen LogP contribution in [-0.4, -0.2) is 46.1 Å². The van der Waals surface area contributed by atoms with E-state index in [0.29, 0.717) is 5.70 Å². The van der Waals surface area contributed by atoms with Gasteiger partial charge in [-0.3, -0.25) is 4.31 Å². The lowest BCUT2D eigenvalue weighted by atomic mass is 10.2. The van der Waals surface area contributed by atoms with Gasteiger partial charge >= 0.3 is 0 Å². The SMILES string of the molecule is Cc1ccc(S(=O)(=O)N(C)C/C(=C/c2ccccc2)N(C)S(=O)(=O)c2ccc(C)cc2)cc1. The van der Waals surface area contributed by atoms with Crippen molar-refractivity contribution in [3.05, 3.63) is 101 Å². The Hall–Kier alpha value is -2.94. The summed E-state index contributed by atoms with van der Waals surface area (Å²) < 4.78 is 55.3. The van der Waals surface area contributed by atoms with Crippen LogP contribution in [0.15, 0.2) is 94.4 Å². The molecule has 3 rings (SSSR count). The normalized spacial score (nSPS) is 12.7. The number of likely N-dealkylation sites (N-methyl/N-ethyl adjacent to an activating group) is 2. The van der Waals surface area contributed by atoms with Gasteiger partial charge in [0.2, 0.25) is 10.0 Å². The molecule has 0 unspecified atom stereocenters. The smallest absolute Gasteiger partial charge is 0.263 e. The van der Waals surface area contributed by atoms with Crippen LogP contribution in [0.3, 0.4) is 0 Å². The van der Waals surface area contributed by atoms with Crippen molar-refractivity contribution in [2.45, 2.75) is 23.6 Å². The van der Waals surface area contributed by atoms with Gasteiger partial charge in [-0.05, 0) is 49.8 Å². The third kappa shape index (κ3) is 5.71. The Morgan fingerprint density at radius 3 is 1.64 bits per heavy atom. The molecule has 0 aliphatic carbocycles. The van der Waals surface area contributed by atoms with E-state index in [0.717, 1.165) is 25.3 Å². The Morgan fingerprint density at radius 2 is 1.15 bits per heavy atom. The van der Waals surface area contributed by atoms with Gasteiger partial charge in [-0.1, -0.05) is 65.7 Å². The largest absolute Gasteiger partial charge is 0.272 e. The lowest BCUT2D eigenvalue weighted by Gasteiger charge is -2.26. The zero-order chi connectivity index (χ0) is 24.2. The molecular weight excluding hydrogens is 456 g/mol. The highest BCUT2D eigenvalue weighted by atomic mass is 32.2. The lowest BCUT2D eigenvalue weighted by Crippen LogP contribution is -2.35. The maximum absolute atomic E-state index is 13.3. The van der Waals surface area contributed by atoms with Crippen molar-refractivity contribution in [3.8, 4) is 0 Å². The molecule has 0 aromatic heterocycles. The van der Waals surface area contributed by atoms with Crippen LogP contribution in [0.4, 0.5) is 0 Å². The maximum Gasteiger partial charge on any atom is 0.263 e. The van der Waals surface area contributed by atoms with Crippen LogP contribution in [-0.2, 0) is 20.0 Å². The monoisotopic (exact) mass is 484 g/mol. The summed E-state index contributed by atoms with van der Waals surface area (Å²) in [5.41, 5.74) is 2.98. The van der Waals surface area contributed by atoms with Crippen molar-refractivity contribution in [1.82, 2.24) is 8.61 Å². The highest BCUT2D eigenvalue weighted by molar-refractivity contribution is 7.89. The summed E-state index contributed by atoms with van der Waals surface area (Å²) in [6, 6.07) is 22.3. The first-order chi connectivity index (χ1) is 15.5. The second-order valence-electron chi connectivity index (χ2n) is 7.91. The van der Waals surface area contributed by atoms with Crippen molar-refractivity contribution in [2.75, 3.05) is 20.6 Å². The van der Waals surface area contributed by atoms with Gasteiger partial charge < -0.3 is 0 Å². The van der Waals surface area contributed by atoms with E-state index in [1.54, 1.807) is 54.6 Å². The fourth-order valence-corrected chi connectivity index (χ4v) is 5.56. The molecule has 8 heteroatoms.